The Labute approximate surface area is 150 Å². The fourth-order valence-electron chi connectivity index (χ4n) is 2.55. The topological polar surface area (TPSA) is 49.4 Å². The van der Waals surface area contributed by atoms with E-state index >= 15 is 0 Å². The highest BCUT2D eigenvalue weighted by molar-refractivity contribution is 9.10. The normalized spacial score (nSPS) is 16.9. The van der Waals surface area contributed by atoms with Crippen molar-refractivity contribution < 1.29 is 8.42 Å². The second-order valence-electron chi connectivity index (χ2n) is 5.35. The third-order valence-corrected chi connectivity index (χ3v) is 6.46. The molecule has 0 atom stereocenters. The Hall–Kier alpha value is 0.150. The number of halogens is 3. The number of benzene rings is 1. The number of hydrogen-bond donors (Lipinski definition) is 1. The molecule has 2 rings (SSSR count). The van der Waals surface area contributed by atoms with Gasteiger partial charge >= 0.3 is 0 Å². The maximum atomic E-state index is 12.3. The van der Waals surface area contributed by atoms with Crippen molar-refractivity contribution in [3.05, 3.63) is 26.7 Å². The van der Waals surface area contributed by atoms with E-state index in [1.54, 1.807) is 0 Å². The standard InChI is InChI=1S/C14H19BrCl2N2O2S/c15-11-9-12(16)14(13(17)10-11)22(20,21)18-5-4-8-19-6-2-1-3-7-19/h9-10,18H,1-8H2. The van der Waals surface area contributed by atoms with Crippen LogP contribution in [0.1, 0.15) is 25.7 Å². The van der Waals surface area contributed by atoms with E-state index in [9.17, 15) is 8.42 Å². The molecule has 1 N–H and O–H groups in total. The molecule has 1 fully saturated rings. The van der Waals surface area contributed by atoms with E-state index in [2.05, 4.69) is 25.6 Å². The molecule has 124 valence electrons. The number of rotatable bonds is 6. The first kappa shape index (κ1) is 18.5. The van der Waals surface area contributed by atoms with Gasteiger partial charge in [0.2, 0.25) is 10.0 Å². The van der Waals surface area contributed by atoms with Gasteiger partial charge in [0.15, 0.2) is 0 Å². The Kier molecular flexibility index (Phi) is 6.98. The molecule has 0 aromatic heterocycles. The first-order valence-corrected chi connectivity index (χ1v) is 10.3. The molecule has 22 heavy (non-hydrogen) atoms. The third kappa shape index (κ3) is 5.08. The van der Waals surface area contributed by atoms with Crippen LogP contribution in [0.25, 0.3) is 0 Å². The van der Waals surface area contributed by atoms with Crippen molar-refractivity contribution in [1.82, 2.24) is 9.62 Å². The van der Waals surface area contributed by atoms with Crippen molar-refractivity contribution in [3.63, 3.8) is 0 Å². The zero-order chi connectivity index (χ0) is 16.2. The van der Waals surface area contributed by atoms with Gasteiger partial charge in [-0.1, -0.05) is 45.6 Å². The summed E-state index contributed by atoms with van der Waals surface area (Å²) in [5, 5.41) is 0.228. The van der Waals surface area contributed by atoms with Crippen LogP contribution in [0.15, 0.2) is 21.5 Å². The lowest BCUT2D eigenvalue weighted by Crippen LogP contribution is -2.33. The SMILES string of the molecule is O=S(=O)(NCCCN1CCCCC1)c1c(Cl)cc(Br)cc1Cl. The van der Waals surface area contributed by atoms with Crippen LogP contribution >= 0.6 is 39.1 Å². The van der Waals surface area contributed by atoms with E-state index in [1.807, 2.05) is 0 Å². The van der Waals surface area contributed by atoms with Crippen molar-refractivity contribution in [1.29, 1.82) is 0 Å². The highest BCUT2D eigenvalue weighted by atomic mass is 79.9. The molecule has 1 aliphatic heterocycles. The Bertz CT molecular complexity index is 596. The summed E-state index contributed by atoms with van der Waals surface area (Å²) in [6.07, 6.45) is 4.53. The molecular formula is C14H19BrCl2N2O2S. The van der Waals surface area contributed by atoms with Gasteiger partial charge in [-0.3, -0.25) is 0 Å². The average molecular weight is 430 g/mol. The smallest absolute Gasteiger partial charge is 0.243 e. The molecule has 0 aliphatic carbocycles. The van der Waals surface area contributed by atoms with E-state index < -0.39 is 10.0 Å². The zero-order valence-corrected chi connectivity index (χ0v) is 16.0. The van der Waals surface area contributed by atoms with E-state index in [4.69, 9.17) is 23.2 Å². The van der Waals surface area contributed by atoms with Gasteiger partial charge in [0.1, 0.15) is 4.90 Å². The maximum absolute atomic E-state index is 12.3. The van der Waals surface area contributed by atoms with Crippen LogP contribution in [0.5, 0.6) is 0 Å². The molecule has 1 saturated heterocycles. The van der Waals surface area contributed by atoms with Gasteiger partial charge in [0.05, 0.1) is 10.0 Å². The van der Waals surface area contributed by atoms with E-state index in [-0.39, 0.29) is 14.9 Å². The summed E-state index contributed by atoms with van der Waals surface area (Å²) >= 11 is 15.3. The van der Waals surface area contributed by atoms with E-state index in [1.165, 1.54) is 31.4 Å². The number of likely N-dealkylation sites (tertiary alicyclic amines) is 1. The minimum absolute atomic E-state index is 0.0583. The van der Waals surface area contributed by atoms with Crippen LogP contribution in [-0.4, -0.2) is 39.5 Å². The quantitative estimate of drug-likeness (QED) is 0.697. The van der Waals surface area contributed by atoms with Gasteiger partial charge in [-0.15, -0.1) is 0 Å². The second-order valence-corrected chi connectivity index (χ2v) is 8.79. The summed E-state index contributed by atoms with van der Waals surface area (Å²) in [5.74, 6) is 0. The van der Waals surface area contributed by atoms with Crippen molar-refractivity contribution >= 4 is 49.2 Å². The Morgan fingerprint density at radius 2 is 1.73 bits per heavy atom. The molecule has 0 unspecified atom stereocenters. The second kappa shape index (κ2) is 8.31. The summed E-state index contributed by atoms with van der Waals surface area (Å²) in [7, 11) is -3.69. The molecule has 1 aromatic rings. The van der Waals surface area contributed by atoms with E-state index in [0.29, 0.717) is 11.0 Å². The summed E-state index contributed by atoms with van der Waals surface area (Å²) < 4.78 is 27.9. The zero-order valence-electron chi connectivity index (χ0n) is 12.1. The average Bonchev–Trinajstić information content (AvgIpc) is 2.43. The maximum Gasteiger partial charge on any atom is 0.243 e. The number of sulfonamides is 1. The van der Waals surface area contributed by atoms with Crippen LogP contribution in [0.2, 0.25) is 10.0 Å². The number of nitrogens with one attached hydrogen (secondary N) is 1. The fraction of sp³-hybridized carbons (Fsp3) is 0.571. The molecule has 1 heterocycles. The van der Waals surface area contributed by atoms with E-state index in [0.717, 1.165) is 26.1 Å². The molecule has 0 amide bonds. The molecule has 8 heteroatoms. The van der Waals surface area contributed by atoms with Crippen LogP contribution in [-0.2, 0) is 10.0 Å². The predicted octanol–water partition coefficient (Wildman–Crippen LogP) is 3.91. The minimum Gasteiger partial charge on any atom is -0.303 e. The van der Waals surface area contributed by atoms with Gasteiger partial charge in [0.25, 0.3) is 0 Å². The van der Waals surface area contributed by atoms with Crippen molar-refractivity contribution in [2.75, 3.05) is 26.2 Å². The van der Waals surface area contributed by atoms with Crippen LogP contribution in [0, 0.1) is 0 Å². The number of piperidine rings is 1. The van der Waals surface area contributed by atoms with Crippen molar-refractivity contribution in [2.45, 2.75) is 30.6 Å². The summed E-state index contributed by atoms with van der Waals surface area (Å²) in [6.45, 7) is 3.50. The molecular weight excluding hydrogens is 411 g/mol. The van der Waals surface area contributed by atoms with Crippen LogP contribution in [0.4, 0.5) is 0 Å². The Morgan fingerprint density at radius 3 is 2.32 bits per heavy atom. The summed E-state index contributed by atoms with van der Waals surface area (Å²) in [4.78, 5) is 2.31. The predicted molar refractivity (Wildman–Crippen MR) is 94.3 cm³/mol. The molecule has 1 aliphatic rings. The molecule has 4 nitrogen and oxygen atoms in total. The largest absolute Gasteiger partial charge is 0.303 e. The molecule has 0 saturated carbocycles. The van der Waals surface area contributed by atoms with Crippen molar-refractivity contribution in [2.24, 2.45) is 0 Å². The third-order valence-electron chi connectivity index (χ3n) is 3.62. The lowest BCUT2D eigenvalue weighted by Gasteiger charge is -2.26. The van der Waals surface area contributed by atoms with Crippen LogP contribution < -0.4 is 4.72 Å². The van der Waals surface area contributed by atoms with Gasteiger partial charge in [-0.2, -0.15) is 0 Å². The highest BCUT2D eigenvalue weighted by Gasteiger charge is 2.22. The van der Waals surface area contributed by atoms with Crippen molar-refractivity contribution in [3.8, 4) is 0 Å². The number of nitrogens with zero attached hydrogens (tertiary/aromatic N) is 1. The fourth-order valence-corrected chi connectivity index (χ4v) is 5.56. The van der Waals surface area contributed by atoms with Crippen LogP contribution in [0.3, 0.4) is 0 Å². The van der Waals surface area contributed by atoms with Gasteiger partial charge < -0.3 is 4.90 Å². The first-order valence-electron chi connectivity index (χ1n) is 7.27. The van der Waals surface area contributed by atoms with Gasteiger partial charge in [-0.25, -0.2) is 13.1 Å². The molecule has 0 spiro atoms. The Morgan fingerprint density at radius 1 is 1.14 bits per heavy atom. The lowest BCUT2D eigenvalue weighted by molar-refractivity contribution is 0.227. The summed E-state index contributed by atoms with van der Waals surface area (Å²) in [5.41, 5.74) is 0. The van der Waals surface area contributed by atoms with Gasteiger partial charge in [-0.05, 0) is 51.0 Å². The number of hydrogen-bond acceptors (Lipinski definition) is 3. The molecule has 1 aromatic carbocycles. The summed E-state index contributed by atoms with van der Waals surface area (Å²) in [6, 6.07) is 3.05. The highest BCUT2D eigenvalue weighted by Crippen LogP contribution is 2.32. The first-order chi connectivity index (χ1) is 10.4. The lowest BCUT2D eigenvalue weighted by atomic mass is 10.1. The Balaban J connectivity index is 1.91. The monoisotopic (exact) mass is 428 g/mol. The molecule has 0 bridgehead atoms. The minimum atomic E-state index is -3.69. The molecule has 0 radical (unpaired) electrons. The van der Waals surface area contributed by atoms with Gasteiger partial charge in [0, 0.05) is 11.0 Å².